The van der Waals surface area contributed by atoms with Crippen molar-refractivity contribution < 1.29 is 4.52 Å². The largest absolute Gasteiger partial charge is 0.361 e. The first kappa shape index (κ1) is 14.6. The number of hydrogen-bond donors (Lipinski definition) is 1. The van der Waals surface area contributed by atoms with Gasteiger partial charge in [0.25, 0.3) is 0 Å². The van der Waals surface area contributed by atoms with E-state index in [-0.39, 0.29) is 0 Å². The van der Waals surface area contributed by atoms with Crippen LogP contribution in [0.3, 0.4) is 0 Å². The van der Waals surface area contributed by atoms with Gasteiger partial charge in [0.2, 0.25) is 0 Å². The summed E-state index contributed by atoms with van der Waals surface area (Å²) in [6.45, 7) is 7.73. The van der Waals surface area contributed by atoms with E-state index >= 15 is 0 Å². The van der Waals surface area contributed by atoms with Gasteiger partial charge in [-0.2, -0.15) is 10.2 Å². The lowest BCUT2D eigenvalue weighted by Gasteiger charge is -2.06. The minimum Gasteiger partial charge on any atom is -0.361 e. The Labute approximate surface area is 138 Å². The quantitative estimate of drug-likeness (QED) is 0.606. The zero-order chi connectivity index (χ0) is 16.8. The van der Waals surface area contributed by atoms with Gasteiger partial charge in [-0.1, -0.05) is 5.16 Å². The lowest BCUT2D eigenvalue weighted by Crippen LogP contribution is -1.92. The molecule has 120 valence electrons. The Morgan fingerprint density at radius 1 is 1.00 bits per heavy atom. The summed E-state index contributed by atoms with van der Waals surface area (Å²) in [4.78, 5) is 7.93. The molecule has 0 radical (unpaired) electrons. The Morgan fingerprint density at radius 3 is 2.50 bits per heavy atom. The van der Waals surface area contributed by atoms with Crippen molar-refractivity contribution in [3.8, 4) is 22.4 Å². The fourth-order valence-corrected chi connectivity index (χ4v) is 3.02. The molecule has 0 aliphatic carbocycles. The fraction of sp³-hybridized carbons (Fsp3) is 0.222. The summed E-state index contributed by atoms with van der Waals surface area (Å²) in [5.74, 6) is 1.66. The zero-order valence-corrected chi connectivity index (χ0v) is 14.0. The third kappa shape index (κ3) is 2.27. The highest BCUT2D eigenvalue weighted by Crippen LogP contribution is 2.34. The predicted molar refractivity (Wildman–Crippen MR) is 91.6 cm³/mol. The van der Waals surface area contributed by atoms with E-state index in [0.29, 0.717) is 0 Å². The molecule has 1 N–H and O–H groups in total. The highest BCUT2D eigenvalue weighted by atomic mass is 16.5. The van der Waals surface area contributed by atoms with Crippen molar-refractivity contribution in [1.29, 1.82) is 0 Å². The molecule has 4 rings (SSSR count). The van der Waals surface area contributed by atoms with Gasteiger partial charge in [-0.15, -0.1) is 0 Å². The van der Waals surface area contributed by atoms with Crippen LogP contribution < -0.4 is 0 Å². The van der Waals surface area contributed by atoms with Gasteiger partial charge in [0.15, 0.2) is 0 Å². The summed E-state index contributed by atoms with van der Waals surface area (Å²) >= 11 is 0. The van der Waals surface area contributed by atoms with Crippen LogP contribution in [0.5, 0.6) is 0 Å². The first-order valence-electron chi connectivity index (χ1n) is 7.77. The Balaban J connectivity index is 2.03. The standard InChI is InChI=1S/C18H17N5O/c1-9-5-6-15(22-21-9)14-7-13(17-10(2)23-24-11(17)3)8-16-18(14)20-12(4)19-16/h5-8H,1-4H3,(H,19,20). The average Bonchev–Trinajstić information content (AvgIpc) is 3.08. The van der Waals surface area contributed by atoms with E-state index in [0.717, 1.165) is 56.4 Å². The van der Waals surface area contributed by atoms with Crippen molar-refractivity contribution in [2.75, 3.05) is 0 Å². The van der Waals surface area contributed by atoms with E-state index in [1.807, 2.05) is 39.8 Å². The maximum Gasteiger partial charge on any atom is 0.141 e. The first-order chi connectivity index (χ1) is 11.5. The lowest BCUT2D eigenvalue weighted by molar-refractivity contribution is 0.393. The second-order valence-electron chi connectivity index (χ2n) is 6.00. The topological polar surface area (TPSA) is 80.5 Å². The monoisotopic (exact) mass is 319 g/mol. The maximum atomic E-state index is 5.32. The van der Waals surface area contributed by atoms with E-state index in [9.17, 15) is 0 Å². The van der Waals surface area contributed by atoms with E-state index in [4.69, 9.17) is 4.52 Å². The summed E-state index contributed by atoms with van der Waals surface area (Å²) in [7, 11) is 0. The maximum absolute atomic E-state index is 5.32. The van der Waals surface area contributed by atoms with Crippen LogP contribution in [-0.2, 0) is 0 Å². The number of nitrogens with one attached hydrogen (secondary N) is 1. The molecule has 4 aromatic rings. The van der Waals surface area contributed by atoms with Crippen LogP contribution in [0, 0.1) is 27.7 Å². The molecule has 1 aromatic carbocycles. The molecule has 3 heterocycles. The van der Waals surface area contributed by atoms with Gasteiger partial charge in [-0.25, -0.2) is 4.98 Å². The molecule has 0 atom stereocenters. The number of hydrogen-bond acceptors (Lipinski definition) is 5. The summed E-state index contributed by atoms with van der Waals surface area (Å²) in [5.41, 5.74) is 7.37. The van der Waals surface area contributed by atoms with Crippen LogP contribution in [0.1, 0.15) is 23.0 Å². The molecule has 0 amide bonds. The van der Waals surface area contributed by atoms with Crippen molar-refractivity contribution >= 4 is 11.0 Å². The number of aryl methyl sites for hydroxylation is 4. The third-order valence-corrected chi connectivity index (χ3v) is 4.10. The van der Waals surface area contributed by atoms with Crippen molar-refractivity contribution in [2.24, 2.45) is 0 Å². The van der Waals surface area contributed by atoms with Gasteiger partial charge in [0.1, 0.15) is 11.6 Å². The molecule has 24 heavy (non-hydrogen) atoms. The molecule has 0 saturated heterocycles. The van der Waals surface area contributed by atoms with Gasteiger partial charge in [-0.3, -0.25) is 0 Å². The van der Waals surface area contributed by atoms with Crippen molar-refractivity contribution in [3.63, 3.8) is 0 Å². The van der Waals surface area contributed by atoms with Crippen LogP contribution in [0.2, 0.25) is 0 Å². The molecular formula is C18H17N5O. The molecule has 0 saturated carbocycles. The lowest BCUT2D eigenvalue weighted by atomic mass is 9.99. The number of aromatic nitrogens is 5. The van der Waals surface area contributed by atoms with Gasteiger partial charge >= 0.3 is 0 Å². The van der Waals surface area contributed by atoms with Gasteiger partial charge in [0, 0.05) is 11.1 Å². The first-order valence-corrected chi connectivity index (χ1v) is 7.77. The summed E-state index contributed by atoms with van der Waals surface area (Å²) in [6.07, 6.45) is 0. The number of H-pyrrole nitrogens is 1. The van der Waals surface area contributed by atoms with Gasteiger partial charge in [0.05, 0.1) is 28.1 Å². The molecule has 0 bridgehead atoms. The highest BCUT2D eigenvalue weighted by molar-refractivity contribution is 5.95. The van der Waals surface area contributed by atoms with Crippen molar-refractivity contribution in [1.82, 2.24) is 25.3 Å². The second-order valence-corrected chi connectivity index (χ2v) is 6.00. The molecule has 0 unspecified atom stereocenters. The third-order valence-electron chi connectivity index (χ3n) is 4.10. The van der Waals surface area contributed by atoms with E-state index < -0.39 is 0 Å². The number of nitrogens with zero attached hydrogens (tertiary/aromatic N) is 4. The van der Waals surface area contributed by atoms with Gasteiger partial charge in [-0.05, 0) is 57.5 Å². The number of rotatable bonds is 2. The van der Waals surface area contributed by atoms with Gasteiger partial charge < -0.3 is 9.51 Å². The van der Waals surface area contributed by atoms with Crippen LogP contribution in [0.15, 0.2) is 28.8 Å². The van der Waals surface area contributed by atoms with E-state index in [1.54, 1.807) is 0 Å². The Morgan fingerprint density at radius 2 is 1.83 bits per heavy atom. The Bertz CT molecular complexity index is 1020. The number of fused-ring (bicyclic) bond motifs is 1. The molecular weight excluding hydrogens is 302 g/mol. The predicted octanol–water partition coefficient (Wildman–Crippen LogP) is 3.91. The van der Waals surface area contributed by atoms with Crippen molar-refractivity contribution in [3.05, 3.63) is 47.2 Å². The molecule has 6 heteroatoms. The minimum atomic E-state index is 0.795. The SMILES string of the molecule is Cc1ccc(-c2cc(-c3c(C)noc3C)cc3[nH]c(C)nc23)nn1. The summed E-state index contributed by atoms with van der Waals surface area (Å²) in [6, 6.07) is 8.08. The van der Waals surface area contributed by atoms with Crippen LogP contribution in [-0.4, -0.2) is 25.3 Å². The molecule has 0 aliphatic heterocycles. The summed E-state index contributed by atoms with van der Waals surface area (Å²) < 4.78 is 5.32. The molecule has 6 nitrogen and oxygen atoms in total. The van der Waals surface area contributed by atoms with Crippen LogP contribution >= 0.6 is 0 Å². The molecule has 0 aliphatic rings. The number of imidazole rings is 1. The van der Waals surface area contributed by atoms with Crippen LogP contribution in [0.4, 0.5) is 0 Å². The number of aromatic amines is 1. The Hall–Kier alpha value is -3.02. The van der Waals surface area contributed by atoms with Crippen LogP contribution in [0.25, 0.3) is 33.4 Å². The minimum absolute atomic E-state index is 0.795. The molecule has 0 spiro atoms. The highest BCUT2D eigenvalue weighted by Gasteiger charge is 2.17. The Kier molecular flexibility index (Phi) is 3.19. The normalized spacial score (nSPS) is 11.3. The average molecular weight is 319 g/mol. The fourth-order valence-electron chi connectivity index (χ4n) is 3.02. The van der Waals surface area contributed by atoms with E-state index in [1.165, 1.54) is 0 Å². The summed E-state index contributed by atoms with van der Waals surface area (Å²) in [5, 5.41) is 12.6. The smallest absolute Gasteiger partial charge is 0.141 e. The molecule has 3 aromatic heterocycles. The van der Waals surface area contributed by atoms with Crippen molar-refractivity contribution in [2.45, 2.75) is 27.7 Å². The molecule has 0 fully saturated rings. The zero-order valence-electron chi connectivity index (χ0n) is 14.0. The second kappa shape index (κ2) is 5.26. The van der Waals surface area contributed by atoms with E-state index in [2.05, 4.69) is 37.5 Å². The number of benzene rings is 1.